The van der Waals surface area contributed by atoms with Crippen LogP contribution < -0.4 is 5.32 Å². The van der Waals surface area contributed by atoms with Gasteiger partial charge in [-0.15, -0.1) is 0 Å². The monoisotopic (exact) mass is 428 g/mol. The van der Waals surface area contributed by atoms with Crippen molar-refractivity contribution in [2.24, 2.45) is 0 Å². The summed E-state index contributed by atoms with van der Waals surface area (Å²) < 4.78 is 43.1. The zero-order valence-electron chi connectivity index (χ0n) is 15.1. The molecule has 2 aromatic rings. The molecule has 0 bridgehead atoms. The third kappa shape index (κ3) is 5.75. The Morgan fingerprint density at radius 3 is 2.43 bits per heavy atom. The zero-order valence-corrected chi connectivity index (χ0v) is 16.7. The maximum atomic E-state index is 12.9. The second kappa shape index (κ2) is 9.13. The fourth-order valence-corrected chi connectivity index (χ4v) is 3.41. The number of halogens is 2. The molecule has 2 aromatic carbocycles. The molecule has 0 fully saturated rings. The van der Waals surface area contributed by atoms with Crippen LogP contribution in [0.1, 0.15) is 5.56 Å². The molecule has 10 heteroatoms. The van der Waals surface area contributed by atoms with Crippen LogP contribution in [0.15, 0.2) is 47.4 Å². The molecule has 0 aromatic heterocycles. The van der Waals surface area contributed by atoms with Crippen molar-refractivity contribution in [1.82, 2.24) is 4.31 Å². The van der Waals surface area contributed by atoms with Crippen LogP contribution in [-0.2, 0) is 24.3 Å². The van der Waals surface area contributed by atoms with Crippen LogP contribution in [0.25, 0.3) is 0 Å². The average molecular weight is 429 g/mol. The minimum absolute atomic E-state index is 0.168. The van der Waals surface area contributed by atoms with Crippen molar-refractivity contribution >= 4 is 39.2 Å². The van der Waals surface area contributed by atoms with Crippen LogP contribution in [0.3, 0.4) is 0 Å². The predicted octanol–water partition coefficient (Wildman–Crippen LogP) is 2.59. The molecule has 0 saturated heterocycles. The van der Waals surface area contributed by atoms with Crippen LogP contribution in [0.5, 0.6) is 0 Å². The van der Waals surface area contributed by atoms with Gasteiger partial charge in [0.25, 0.3) is 5.91 Å². The SMILES string of the molecule is Cc1ccc(NC(=O)COC(=O)CN(C)S(=O)(=O)c2ccc(F)cc2)cc1Cl. The minimum Gasteiger partial charge on any atom is -0.455 e. The lowest BCUT2D eigenvalue weighted by Crippen LogP contribution is -2.34. The van der Waals surface area contributed by atoms with Gasteiger partial charge in [-0.3, -0.25) is 9.59 Å². The third-order valence-electron chi connectivity index (χ3n) is 3.69. The average Bonchev–Trinajstić information content (AvgIpc) is 2.63. The smallest absolute Gasteiger partial charge is 0.321 e. The molecule has 28 heavy (non-hydrogen) atoms. The number of hydrogen-bond donors (Lipinski definition) is 1. The summed E-state index contributed by atoms with van der Waals surface area (Å²) in [6.07, 6.45) is 0. The van der Waals surface area contributed by atoms with E-state index in [9.17, 15) is 22.4 Å². The summed E-state index contributed by atoms with van der Waals surface area (Å²) in [5.74, 6) is -2.09. The van der Waals surface area contributed by atoms with Crippen molar-refractivity contribution in [1.29, 1.82) is 0 Å². The Labute approximate surface area is 167 Å². The molecule has 7 nitrogen and oxygen atoms in total. The van der Waals surface area contributed by atoms with E-state index in [1.165, 1.54) is 7.05 Å². The summed E-state index contributed by atoms with van der Waals surface area (Å²) in [6.45, 7) is 0.615. The van der Waals surface area contributed by atoms with Gasteiger partial charge in [-0.1, -0.05) is 17.7 Å². The summed E-state index contributed by atoms with van der Waals surface area (Å²) in [5, 5.41) is 2.99. The van der Waals surface area contributed by atoms with Gasteiger partial charge in [0, 0.05) is 17.8 Å². The van der Waals surface area contributed by atoms with Crippen LogP contribution in [0.4, 0.5) is 10.1 Å². The molecule has 0 heterocycles. The number of sulfonamides is 1. The Morgan fingerprint density at radius 1 is 1.18 bits per heavy atom. The number of likely N-dealkylation sites (N-methyl/N-ethyl adjacent to an activating group) is 1. The van der Waals surface area contributed by atoms with Crippen molar-refractivity contribution in [3.63, 3.8) is 0 Å². The molecule has 0 radical (unpaired) electrons. The molecule has 0 aliphatic carbocycles. The van der Waals surface area contributed by atoms with Gasteiger partial charge in [0.15, 0.2) is 6.61 Å². The van der Waals surface area contributed by atoms with E-state index >= 15 is 0 Å². The van der Waals surface area contributed by atoms with Crippen LogP contribution in [0, 0.1) is 12.7 Å². The van der Waals surface area contributed by atoms with Crippen LogP contribution in [-0.4, -0.2) is 44.8 Å². The number of nitrogens with zero attached hydrogens (tertiary/aromatic N) is 1. The van der Waals surface area contributed by atoms with Gasteiger partial charge in [-0.05, 0) is 48.9 Å². The van der Waals surface area contributed by atoms with Crippen molar-refractivity contribution in [3.05, 3.63) is 58.9 Å². The van der Waals surface area contributed by atoms with Crippen molar-refractivity contribution in [2.75, 3.05) is 25.5 Å². The van der Waals surface area contributed by atoms with E-state index in [4.69, 9.17) is 16.3 Å². The second-order valence-electron chi connectivity index (χ2n) is 5.89. The highest BCUT2D eigenvalue weighted by Crippen LogP contribution is 2.20. The van der Waals surface area contributed by atoms with E-state index in [0.717, 1.165) is 34.1 Å². The first-order valence-corrected chi connectivity index (χ1v) is 9.85. The van der Waals surface area contributed by atoms with E-state index in [1.807, 2.05) is 6.92 Å². The second-order valence-corrected chi connectivity index (χ2v) is 8.34. The Morgan fingerprint density at radius 2 is 1.82 bits per heavy atom. The number of anilines is 1. The first-order chi connectivity index (χ1) is 13.1. The number of rotatable bonds is 7. The number of carbonyl (C=O) groups is 2. The van der Waals surface area contributed by atoms with Gasteiger partial charge in [-0.25, -0.2) is 12.8 Å². The van der Waals surface area contributed by atoms with E-state index in [2.05, 4.69) is 5.32 Å². The number of nitrogens with one attached hydrogen (secondary N) is 1. The number of amides is 1. The van der Waals surface area contributed by atoms with Gasteiger partial charge >= 0.3 is 5.97 Å². The van der Waals surface area contributed by atoms with Gasteiger partial charge in [0.1, 0.15) is 12.4 Å². The number of carbonyl (C=O) groups excluding carboxylic acids is 2. The third-order valence-corrected chi connectivity index (χ3v) is 5.92. The highest BCUT2D eigenvalue weighted by Gasteiger charge is 2.24. The van der Waals surface area contributed by atoms with Crippen molar-refractivity contribution < 1.29 is 27.1 Å². The topological polar surface area (TPSA) is 92.8 Å². The molecule has 0 saturated carbocycles. The molecule has 150 valence electrons. The number of ether oxygens (including phenoxy) is 1. The van der Waals surface area contributed by atoms with Crippen LogP contribution >= 0.6 is 11.6 Å². The zero-order chi connectivity index (χ0) is 20.9. The summed E-state index contributed by atoms with van der Waals surface area (Å²) in [4.78, 5) is 23.5. The van der Waals surface area contributed by atoms with E-state index < -0.39 is 40.9 Å². The highest BCUT2D eigenvalue weighted by atomic mass is 35.5. The molecule has 2 rings (SSSR count). The fourth-order valence-electron chi connectivity index (χ4n) is 2.11. The summed E-state index contributed by atoms with van der Waals surface area (Å²) in [5.41, 5.74) is 1.28. The maximum Gasteiger partial charge on any atom is 0.321 e. The van der Waals surface area contributed by atoms with Crippen molar-refractivity contribution in [3.8, 4) is 0 Å². The van der Waals surface area contributed by atoms with E-state index in [1.54, 1.807) is 18.2 Å². The van der Waals surface area contributed by atoms with Gasteiger partial charge in [0.05, 0.1) is 4.90 Å². The molecule has 0 atom stereocenters. The normalized spacial score (nSPS) is 11.3. The lowest BCUT2D eigenvalue weighted by Gasteiger charge is -2.16. The first kappa shape index (κ1) is 21.8. The molecule has 1 amide bonds. The standard InChI is InChI=1S/C18H18ClFN2O5S/c1-12-3-6-14(9-16(12)19)21-17(23)11-27-18(24)10-22(2)28(25,26)15-7-4-13(20)5-8-15/h3-9H,10-11H2,1-2H3,(H,21,23). The number of esters is 1. The Kier molecular flexibility index (Phi) is 7.11. The number of aryl methyl sites for hydroxylation is 1. The largest absolute Gasteiger partial charge is 0.455 e. The molecule has 0 aliphatic heterocycles. The lowest BCUT2D eigenvalue weighted by molar-refractivity contribution is -0.147. The number of benzene rings is 2. The molecule has 0 unspecified atom stereocenters. The van der Waals surface area contributed by atoms with Crippen LogP contribution in [0.2, 0.25) is 5.02 Å². The molecule has 0 spiro atoms. The number of hydrogen-bond acceptors (Lipinski definition) is 5. The Bertz CT molecular complexity index is 980. The molecular weight excluding hydrogens is 411 g/mol. The highest BCUT2D eigenvalue weighted by molar-refractivity contribution is 7.89. The quantitative estimate of drug-likeness (QED) is 0.684. The Hall–Kier alpha value is -2.49. The summed E-state index contributed by atoms with van der Waals surface area (Å²) in [6, 6.07) is 9.10. The summed E-state index contributed by atoms with van der Waals surface area (Å²) in [7, 11) is -2.82. The van der Waals surface area contributed by atoms with E-state index in [-0.39, 0.29) is 4.90 Å². The summed E-state index contributed by atoms with van der Waals surface area (Å²) >= 11 is 5.96. The maximum absolute atomic E-state index is 12.9. The lowest BCUT2D eigenvalue weighted by atomic mass is 10.2. The Balaban J connectivity index is 1.88. The fraction of sp³-hybridized carbons (Fsp3) is 0.222. The minimum atomic E-state index is -4.00. The predicted molar refractivity (Wildman–Crippen MR) is 102 cm³/mol. The molecular formula is C18H18ClFN2O5S. The molecule has 1 N–H and O–H groups in total. The van der Waals surface area contributed by atoms with Gasteiger partial charge in [-0.2, -0.15) is 4.31 Å². The first-order valence-electron chi connectivity index (χ1n) is 8.03. The van der Waals surface area contributed by atoms with Gasteiger partial charge < -0.3 is 10.1 Å². The van der Waals surface area contributed by atoms with Crippen molar-refractivity contribution in [2.45, 2.75) is 11.8 Å². The van der Waals surface area contributed by atoms with E-state index in [0.29, 0.717) is 10.7 Å². The van der Waals surface area contributed by atoms with Gasteiger partial charge in [0.2, 0.25) is 10.0 Å². The molecule has 0 aliphatic rings.